The van der Waals surface area contributed by atoms with Gasteiger partial charge < -0.3 is 28.7 Å². The summed E-state index contributed by atoms with van der Waals surface area (Å²) in [6.45, 7) is 6.73. The third-order valence-corrected chi connectivity index (χ3v) is 4.69. The summed E-state index contributed by atoms with van der Waals surface area (Å²) in [6, 6.07) is 0. The molecule has 7 nitrogen and oxygen atoms in total. The van der Waals surface area contributed by atoms with Crippen LogP contribution >= 0.6 is 0 Å². The number of hydrogen-bond donors (Lipinski definition) is 0. The Labute approximate surface area is 156 Å². The number of hydrogen-bond acceptors (Lipinski definition) is 6. The van der Waals surface area contributed by atoms with E-state index >= 15 is 0 Å². The van der Waals surface area contributed by atoms with E-state index in [-0.39, 0.29) is 22.9 Å². The van der Waals surface area contributed by atoms with Gasteiger partial charge in [0.05, 0.1) is 39.5 Å². The molecule has 26 heavy (non-hydrogen) atoms. The smallest absolute Gasteiger partial charge is 0.224 e. The maximum absolute atomic E-state index is 12.3. The number of nitrogens with zero attached hydrogens (tertiary/aromatic N) is 1. The van der Waals surface area contributed by atoms with Crippen LogP contribution in [0.2, 0.25) is 0 Å². The van der Waals surface area contributed by atoms with E-state index in [9.17, 15) is 14.4 Å². The number of Topliss-reactive ketones (excluding diaryl/α,β-unsaturated/α-hetero) is 2. The van der Waals surface area contributed by atoms with Crippen LogP contribution in [0.15, 0.2) is 0 Å². The van der Waals surface area contributed by atoms with E-state index < -0.39 is 0 Å². The van der Waals surface area contributed by atoms with E-state index in [2.05, 4.69) is 0 Å². The van der Waals surface area contributed by atoms with Crippen LogP contribution in [-0.2, 0) is 28.6 Å². The van der Waals surface area contributed by atoms with Gasteiger partial charge in [0.1, 0.15) is 11.6 Å². The summed E-state index contributed by atoms with van der Waals surface area (Å²) in [5.41, 5.74) is -0.273. The van der Waals surface area contributed by atoms with Crippen LogP contribution in [0.25, 0.3) is 0 Å². The lowest BCUT2D eigenvalue weighted by atomic mass is 9.71. The molecular formula is C19H33NO6. The first-order valence-electron chi connectivity index (χ1n) is 9.29. The highest BCUT2D eigenvalue weighted by molar-refractivity contribution is 5.80. The molecule has 1 saturated heterocycles. The van der Waals surface area contributed by atoms with Gasteiger partial charge in [0, 0.05) is 33.0 Å². The van der Waals surface area contributed by atoms with Crippen LogP contribution in [0.3, 0.4) is 0 Å². The van der Waals surface area contributed by atoms with Crippen molar-refractivity contribution in [3.05, 3.63) is 0 Å². The van der Waals surface area contributed by atoms with Gasteiger partial charge in [0.15, 0.2) is 0 Å². The van der Waals surface area contributed by atoms with E-state index in [0.29, 0.717) is 78.2 Å². The van der Waals surface area contributed by atoms with Crippen molar-refractivity contribution in [2.75, 3.05) is 53.2 Å². The average molecular weight is 371 g/mol. The molecule has 0 aromatic rings. The largest absolute Gasteiger partial charge is 0.382 e. The monoisotopic (exact) mass is 371 g/mol. The molecule has 1 aliphatic rings. The highest BCUT2D eigenvalue weighted by atomic mass is 16.5. The Kier molecular flexibility index (Phi) is 10.6. The van der Waals surface area contributed by atoms with Gasteiger partial charge in [-0.1, -0.05) is 0 Å². The molecule has 0 aliphatic carbocycles. The summed E-state index contributed by atoms with van der Waals surface area (Å²) in [5.74, 6) is 0.267. The predicted molar refractivity (Wildman–Crippen MR) is 97.0 cm³/mol. The highest BCUT2D eigenvalue weighted by Crippen LogP contribution is 2.39. The fourth-order valence-corrected chi connectivity index (χ4v) is 3.48. The number of carbonyl (C=O) groups is 3. The Morgan fingerprint density at radius 2 is 1.35 bits per heavy atom. The topological polar surface area (TPSA) is 82.1 Å². The standard InChI is InChI=1S/C19H33NO6/c1-16(21)14-19(15-17(2)22)5-7-20(8-6-19)18(23)4-9-25-12-13-26-11-10-24-3/h4-15H2,1-3H3. The minimum Gasteiger partial charge on any atom is -0.382 e. The van der Waals surface area contributed by atoms with Gasteiger partial charge in [-0.25, -0.2) is 0 Å². The van der Waals surface area contributed by atoms with Crippen molar-refractivity contribution >= 4 is 17.5 Å². The Morgan fingerprint density at radius 3 is 1.85 bits per heavy atom. The third kappa shape index (κ3) is 8.87. The summed E-state index contributed by atoms with van der Waals surface area (Å²) in [7, 11) is 1.62. The summed E-state index contributed by atoms with van der Waals surface area (Å²) >= 11 is 0. The molecule has 0 saturated carbocycles. The van der Waals surface area contributed by atoms with Crippen molar-refractivity contribution in [1.29, 1.82) is 0 Å². The number of methoxy groups -OCH3 is 1. The molecule has 1 fully saturated rings. The van der Waals surface area contributed by atoms with E-state index in [1.807, 2.05) is 4.90 Å². The molecule has 0 aromatic heterocycles. The summed E-state index contributed by atoms with van der Waals surface area (Å²) in [6.07, 6.45) is 2.57. The first-order valence-corrected chi connectivity index (χ1v) is 9.29. The van der Waals surface area contributed by atoms with Gasteiger partial charge in [0.2, 0.25) is 5.91 Å². The zero-order chi connectivity index (χ0) is 19.4. The molecule has 0 aromatic carbocycles. The molecule has 0 radical (unpaired) electrons. The number of carbonyl (C=O) groups excluding carboxylic acids is 3. The lowest BCUT2D eigenvalue weighted by Crippen LogP contribution is -2.44. The van der Waals surface area contributed by atoms with Gasteiger partial charge in [0.25, 0.3) is 0 Å². The van der Waals surface area contributed by atoms with Gasteiger partial charge in [-0.15, -0.1) is 0 Å². The molecule has 0 N–H and O–H groups in total. The van der Waals surface area contributed by atoms with Crippen molar-refractivity contribution < 1.29 is 28.6 Å². The second-order valence-electron chi connectivity index (χ2n) is 7.11. The fourth-order valence-electron chi connectivity index (χ4n) is 3.48. The van der Waals surface area contributed by atoms with E-state index in [4.69, 9.17) is 14.2 Å². The molecule has 150 valence electrons. The molecule has 7 heteroatoms. The molecular weight excluding hydrogens is 338 g/mol. The number of ketones is 2. The average Bonchev–Trinajstić information content (AvgIpc) is 2.56. The minimum atomic E-state index is -0.273. The first kappa shape index (κ1) is 22.7. The Bertz CT molecular complexity index is 439. The first-order chi connectivity index (χ1) is 12.4. The van der Waals surface area contributed by atoms with Crippen molar-refractivity contribution in [3.63, 3.8) is 0 Å². The third-order valence-electron chi connectivity index (χ3n) is 4.69. The normalized spacial score (nSPS) is 16.5. The number of rotatable bonds is 13. The number of likely N-dealkylation sites (tertiary alicyclic amines) is 1. The number of amides is 1. The van der Waals surface area contributed by atoms with Gasteiger partial charge >= 0.3 is 0 Å². The van der Waals surface area contributed by atoms with Crippen molar-refractivity contribution in [1.82, 2.24) is 4.90 Å². The maximum atomic E-state index is 12.3. The second kappa shape index (κ2) is 12.1. The summed E-state index contributed by atoms with van der Waals surface area (Å²) in [5, 5.41) is 0. The molecule has 1 amide bonds. The number of piperidine rings is 1. The van der Waals surface area contributed by atoms with Crippen LogP contribution in [0.4, 0.5) is 0 Å². The van der Waals surface area contributed by atoms with E-state index in [0.717, 1.165) is 0 Å². The van der Waals surface area contributed by atoms with Crippen LogP contribution in [0.1, 0.15) is 46.0 Å². The minimum absolute atomic E-state index is 0.0598. The zero-order valence-electron chi connectivity index (χ0n) is 16.4. The molecule has 1 heterocycles. The molecule has 0 atom stereocenters. The van der Waals surface area contributed by atoms with Gasteiger partial charge in [-0.2, -0.15) is 0 Å². The Hall–Kier alpha value is -1.31. The van der Waals surface area contributed by atoms with Gasteiger partial charge in [-0.05, 0) is 32.1 Å². The van der Waals surface area contributed by atoms with Crippen LogP contribution in [0, 0.1) is 5.41 Å². The van der Waals surface area contributed by atoms with Crippen LogP contribution in [-0.4, -0.2) is 75.6 Å². The summed E-state index contributed by atoms with van der Waals surface area (Å²) in [4.78, 5) is 37.3. The molecule has 0 spiro atoms. The van der Waals surface area contributed by atoms with E-state index in [1.165, 1.54) is 0 Å². The Morgan fingerprint density at radius 1 is 0.846 bits per heavy atom. The Balaban J connectivity index is 2.27. The van der Waals surface area contributed by atoms with Crippen molar-refractivity contribution in [3.8, 4) is 0 Å². The lowest BCUT2D eigenvalue weighted by molar-refractivity contribution is -0.135. The van der Waals surface area contributed by atoms with Gasteiger partial charge in [-0.3, -0.25) is 4.79 Å². The molecule has 1 rings (SSSR count). The molecule has 1 aliphatic heterocycles. The van der Waals surface area contributed by atoms with E-state index in [1.54, 1.807) is 21.0 Å². The van der Waals surface area contributed by atoms with Crippen molar-refractivity contribution in [2.24, 2.45) is 5.41 Å². The van der Waals surface area contributed by atoms with Crippen LogP contribution < -0.4 is 0 Å². The second-order valence-corrected chi connectivity index (χ2v) is 7.11. The zero-order valence-corrected chi connectivity index (χ0v) is 16.4. The highest BCUT2D eigenvalue weighted by Gasteiger charge is 2.37. The maximum Gasteiger partial charge on any atom is 0.224 e. The predicted octanol–water partition coefficient (Wildman–Crippen LogP) is 1.62. The number of ether oxygens (including phenoxy) is 3. The molecule has 0 unspecified atom stereocenters. The molecule has 0 bridgehead atoms. The fraction of sp³-hybridized carbons (Fsp3) is 0.842. The summed E-state index contributed by atoms with van der Waals surface area (Å²) < 4.78 is 15.6. The van der Waals surface area contributed by atoms with Crippen molar-refractivity contribution in [2.45, 2.75) is 46.0 Å². The lowest BCUT2D eigenvalue weighted by Gasteiger charge is -2.41. The quantitative estimate of drug-likeness (QED) is 0.458. The van der Waals surface area contributed by atoms with Crippen LogP contribution in [0.5, 0.6) is 0 Å². The SMILES string of the molecule is COCCOCCOCCC(=O)N1CCC(CC(C)=O)(CC(C)=O)CC1.